The molecule has 1 aliphatic heterocycles. The van der Waals surface area contributed by atoms with E-state index in [0.29, 0.717) is 16.7 Å². The van der Waals surface area contributed by atoms with Crippen molar-refractivity contribution in [2.45, 2.75) is 85.2 Å². The molecule has 226 valence electrons. The summed E-state index contributed by atoms with van der Waals surface area (Å²) < 4.78 is 12.7. The lowest BCUT2D eigenvalue weighted by Crippen LogP contribution is -2.46. The molecule has 2 heterocycles. The molecule has 1 aromatic heterocycles. The Morgan fingerprint density at radius 1 is 1.02 bits per heavy atom. The van der Waals surface area contributed by atoms with Crippen molar-refractivity contribution in [3.05, 3.63) is 57.3 Å². The number of rotatable bonds is 9. The number of ether oxygens (including phenoxy) is 2. The van der Waals surface area contributed by atoms with Gasteiger partial charge < -0.3 is 14.6 Å². The normalized spacial score (nSPS) is 22.2. The molecule has 8 nitrogen and oxygen atoms in total. The summed E-state index contributed by atoms with van der Waals surface area (Å²) in [6.07, 6.45) is 5.67. The summed E-state index contributed by atoms with van der Waals surface area (Å²) in [5.41, 5.74) is 0.521. The van der Waals surface area contributed by atoms with Crippen LogP contribution >= 0.6 is 35.1 Å². The molecule has 0 spiro atoms. The fourth-order valence-corrected chi connectivity index (χ4v) is 7.97. The maximum atomic E-state index is 12.0. The third-order valence-electron chi connectivity index (χ3n) is 7.10. The maximum absolute atomic E-state index is 12.0. The molecule has 4 rings (SSSR count). The minimum absolute atomic E-state index is 0.0462. The highest BCUT2D eigenvalue weighted by Gasteiger charge is 2.50. The molecule has 2 fully saturated rings. The standard InChI is InChI=1S/C18H24ClN3O.C12H18O4S2/c1-13(2)17-8-5-15(9-14-3-6-16(19)7-4-14)18(17,23)10-22-12-20-11-21-22;1-7(2)15-10(13)9(11(14)16-8(3)4)12-17-5-6-18-12/h3-4,6-7,11-13,15,17,23H,5,8-10H2,1-2H3;7-8H,5-6H2,1-4H3. The average molecular weight is 624 g/mol. The molecule has 3 unspecified atom stereocenters. The van der Waals surface area contributed by atoms with Gasteiger partial charge in [-0.15, -0.1) is 23.5 Å². The van der Waals surface area contributed by atoms with Crippen LogP contribution in [0.3, 0.4) is 0 Å². The summed E-state index contributed by atoms with van der Waals surface area (Å²) >= 11 is 8.98. The van der Waals surface area contributed by atoms with Crippen LogP contribution in [-0.4, -0.2) is 61.1 Å². The van der Waals surface area contributed by atoms with Gasteiger partial charge in [-0.1, -0.05) is 37.6 Å². The zero-order chi connectivity index (χ0) is 30.2. The Kier molecular flexibility index (Phi) is 12.6. The van der Waals surface area contributed by atoms with Gasteiger partial charge in [0.2, 0.25) is 0 Å². The van der Waals surface area contributed by atoms with Gasteiger partial charge in [0.25, 0.3) is 0 Å². The smallest absolute Gasteiger partial charge is 0.347 e. The lowest BCUT2D eigenvalue weighted by Gasteiger charge is -2.37. The van der Waals surface area contributed by atoms with Gasteiger partial charge in [0.05, 0.1) is 28.6 Å². The van der Waals surface area contributed by atoms with E-state index in [1.165, 1.54) is 35.4 Å². The summed E-state index contributed by atoms with van der Waals surface area (Å²) in [5.74, 6) is 1.56. The highest BCUT2D eigenvalue weighted by molar-refractivity contribution is 8.25. The number of carbonyl (C=O) groups excluding carboxylic acids is 2. The van der Waals surface area contributed by atoms with Crippen LogP contribution in [-0.2, 0) is 32.0 Å². The van der Waals surface area contributed by atoms with Crippen LogP contribution in [0, 0.1) is 17.8 Å². The van der Waals surface area contributed by atoms with Gasteiger partial charge >= 0.3 is 11.9 Å². The topological polar surface area (TPSA) is 104 Å². The van der Waals surface area contributed by atoms with E-state index in [1.807, 2.05) is 12.1 Å². The molecule has 41 heavy (non-hydrogen) atoms. The monoisotopic (exact) mass is 623 g/mol. The van der Waals surface area contributed by atoms with Crippen molar-refractivity contribution in [1.29, 1.82) is 0 Å². The van der Waals surface area contributed by atoms with Crippen LogP contribution in [0.25, 0.3) is 0 Å². The Morgan fingerprint density at radius 3 is 2.10 bits per heavy atom. The zero-order valence-electron chi connectivity index (χ0n) is 24.7. The van der Waals surface area contributed by atoms with E-state index in [1.54, 1.807) is 38.7 Å². The Hall–Kier alpha value is -2.01. The Balaban J connectivity index is 0.000000233. The van der Waals surface area contributed by atoms with Crippen molar-refractivity contribution < 1.29 is 24.2 Å². The molecular weight excluding hydrogens is 582 g/mol. The Labute approximate surface area is 257 Å². The quantitative estimate of drug-likeness (QED) is 0.152. The third kappa shape index (κ3) is 9.49. The summed E-state index contributed by atoms with van der Waals surface area (Å²) in [6, 6.07) is 7.95. The number of halogens is 1. The SMILES string of the molecule is CC(C)C1CCC(Cc2ccc(Cl)cc2)C1(O)Cn1cncn1.CC(C)OC(=O)C(C(=O)OC(C)C)=C1SCCS1. The maximum Gasteiger partial charge on any atom is 0.347 e. The minimum atomic E-state index is -0.749. The fourth-order valence-electron chi connectivity index (χ4n) is 5.35. The molecule has 0 amide bonds. The van der Waals surface area contributed by atoms with Gasteiger partial charge in [0.15, 0.2) is 5.57 Å². The second kappa shape index (κ2) is 15.5. The Bertz CT molecular complexity index is 1140. The second-order valence-electron chi connectivity index (χ2n) is 11.3. The lowest BCUT2D eigenvalue weighted by atomic mass is 9.76. The first-order valence-electron chi connectivity index (χ1n) is 14.1. The first-order valence-corrected chi connectivity index (χ1v) is 16.5. The van der Waals surface area contributed by atoms with Crippen LogP contribution in [0.1, 0.15) is 59.9 Å². The van der Waals surface area contributed by atoms with Crippen LogP contribution in [0.15, 0.2) is 46.7 Å². The predicted molar refractivity (Wildman–Crippen MR) is 166 cm³/mol. The number of nitrogens with zero attached hydrogens (tertiary/aromatic N) is 3. The molecule has 1 N–H and O–H groups in total. The number of hydrogen-bond acceptors (Lipinski definition) is 9. The lowest BCUT2D eigenvalue weighted by molar-refractivity contribution is -0.150. The van der Waals surface area contributed by atoms with Gasteiger partial charge in [-0.05, 0) is 82.4 Å². The van der Waals surface area contributed by atoms with Crippen molar-refractivity contribution in [1.82, 2.24) is 14.8 Å². The molecule has 2 aromatic rings. The van der Waals surface area contributed by atoms with E-state index in [-0.39, 0.29) is 29.6 Å². The molecule has 1 aliphatic carbocycles. The first-order chi connectivity index (χ1) is 19.4. The van der Waals surface area contributed by atoms with Crippen molar-refractivity contribution in [3.8, 4) is 0 Å². The average Bonchev–Trinajstić information content (AvgIpc) is 3.64. The first kappa shape index (κ1) is 33.5. The molecule has 2 aliphatic rings. The molecule has 3 atom stereocenters. The van der Waals surface area contributed by atoms with Crippen molar-refractivity contribution in [3.63, 3.8) is 0 Å². The van der Waals surface area contributed by atoms with Gasteiger partial charge in [-0.3, -0.25) is 4.68 Å². The number of thioether (sulfide) groups is 2. The van der Waals surface area contributed by atoms with Gasteiger partial charge in [0, 0.05) is 16.5 Å². The van der Waals surface area contributed by atoms with Crippen LogP contribution in [0.4, 0.5) is 0 Å². The van der Waals surface area contributed by atoms with Gasteiger partial charge in [0.1, 0.15) is 12.7 Å². The van der Waals surface area contributed by atoms with Crippen LogP contribution < -0.4 is 0 Å². The van der Waals surface area contributed by atoms with Gasteiger partial charge in [-0.25, -0.2) is 14.6 Å². The number of carbonyl (C=O) groups is 2. The molecule has 1 aromatic carbocycles. The van der Waals surface area contributed by atoms with E-state index >= 15 is 0 Å². The fraction of sp³-hybridized carbons (Fsp3) is 0.600. The molecule has 0 bridgehead atoms. The van der Waals surface area contributed by atoms with Crippen LogP contribution in [0.5, 0.6) is 0 Å². The summed E-state index contributed by atoms with van der Waals surface area (Å²) in [4.78, 5) is 27.9. The van der Waals surface area contributed by atoms with Gasteiger partial charge in [-0.2, -0.15) is 5.10 Å². The van der Waals surface area contributed by atoms with Crippen molar-refractivity contribution in [2.24, 2.45) is 17.8 Å². The molecule has 11 heteroatoms. The third-order valence-corrected chi connectivity index (χ3v) is 10.1. The number of benzene rings is 1. The van der Waals surface area contributed by atoms with E-state index in [4.69, 9.17) is 21.1 Å². The number of esters is 2. The highest BCUT2D eigenvalue weighted by Crippen LogP contribution is 2.47. The van der Waals surface area contributed by atoms with Crippen LogP contribution in [0.2, 0.25) is 5.02 Å². The molecule has 0 radical (unpaired) electrons. The highest BCUT2D eigenvalue weighted by atomic mass is 35.5. The van der Waals surface area contributed by atoms with Crippen molar-refractivity contribution >= 4 is 47.1 Å². The second-order valence-corrected chi connectivity index (χ2v) is 14.2. The summed E-state index contributed by atoms with van der Waals surface area (Å²) in [7, 11) is 0. The number of aromatic nitrogens is 3. The molecule has 1 saturated heterocycles. The largest absolute Gasteiger partial charge is 0.459 e. The number of aliphatic hydroxyl groups is 1. The molecule has 1 saturated carbocycles. The molecular formula is C30H42ClN3O5S2. The predicted octanol–water partition coefficient (Wildman–Crippen LogP) is 6.17. The van der Waals surface area contributed by atoms with E-state index in [9.17, 15) is 14.7 Å². The zero-order valence-corrected chi connectivity index (χ0v) is 27.1. The van der Waals surface area contributed by atoms with E-state index < -0.39 is 17.5 Å². The number of hydrogen-bond donors (Lipinski definition) is 1. The Morgan fingerprint density at radius 2 is 1.61 bits per heavy atom. The van der Waals surface area contributed by atoms with Crippen molar-refractivity contribution in [2.75, 3.05) is 11.5 Å². The summed E-state index contributed by atoms with van der Waals surface area (Å²) in [6.45, 7) is 11.9. The summed E-state index contributed by atoms with van der Waals surface area (Å²) in [5, 5.41) is 16.5. The van der Waals surface area contributed by atoms with E-state index in [2.05, 4.69) is 36.1 Å². The minimum Gasteiger partial charge on any atom is -0.459 e. The van der Waals surface area contributed by atoms with E-state index in [0.717, 1.165) is 35.8 Å².